The lowest BCUT2D eigenvalue weighted by molar-refractivity contribution is -0.120. The molecule has 4 aromatic rings. The van der Waals surface area contributed by atoms with Gasteiger partial charge in [-0.2, -0.15) is 0 Å². The smallest absolute Gasteiger partial charge is 0.272 e. The number of hydrogen-bond acceptors (Lipinski definition) is 3. The first kappa shape index (κ1) is 18.6. The number of anilines is 1. The highest BCUT2D eigenvalue weighted by Crippen LogP contribution is 2.36. The maximum absolute atomic E-state index is 13.5. The van der Waals surface area contributed by atoms with Crippen LogP contribution < -0.4 is 10.2 Å². The van der Waals surface area contributed by atoms with Gasteiger partial charge in [0.2, 0.25) is 6.17 Å². The Morgan fingerprint density at radius 3 is 2.69 bits per heavy atom. The summed E-state index contributed by atoms with van der Waals surface area (Å²) in [5, 5.41) is 3.70. The van der Waals surface area contributed by atoms with Crippen molar-refractivity contribution in [3.8, 4) is 0 Å². The van der Waals surface area contributed by atoms with Crippen molar-refractivity contribution in [1.82, 2.24) is 10.3 Å². The molecule has 3 aromatic carbocycles. The zero-order valence-corrected chi connectivity index (χ0v) is 17.2. The van der Waals surface area contributed by atoms with Gasteiger partial charge in [-0.3, -0.25) is 9.59 Å². The van der Waals surface area contributed by atoms with E-state index in [0.29, 0.717) is 17.8 Å². The van der Waals surface area contributed by atoms with Crippen LogP contribution in [0.5, 0.6) is 0 Å². The molecule has 2 N–H and O–H groups in total. The van der Waals surface area contributed by atoms with E-state index < -0.39 is 6.17 Å². The molecule has 156 valence electrons. The van der Waals surface area contributed by atoms with Crippen molar-refractivity contribution in [2.75, 3.05) is 11.4 Å². The van der Waals surface area contributed by atoms with Crippen LogP contribution in [0, 0.1) is 0 Å². The summed E-state index contributed by atoms with van der Waals surface area (Å²) in [6.07, 6.45) is 1.45. The zero-order chi connectivity index (χ0) is 21.7. The van der Waals surface area contributed by atoms with E-state index in [-0.39, 0.29) is 11.8 Å². The number of aromatic nitrogens is 1. The number of carbonyl (C=O) groups excluding carboxylic acids is 2. The molecule has 2 amide bonds. The van der Waals surface area contributed by atoms with E-state index in [9.17, 15) is 9.59 Å². The number of aromatic amines is 1. The lowest BCUT2D eigenvalue weighted by Gasteiger charge is -2.20. The Bertz CT molecular complexity index is 1400. The average molecular weight is 420 g/mol. The van der Waals surface area contributed by atoms with Crippen LogP contribution in [0.15, 0.2) is 84.0 Å². The summed E-state index contributed by atoms with van der Waals surface area (Å²) in [5.74, 6) is -0.544. The van der Waals surface area contributed by atoms with E-state index >= 15 is 0 Å². The molecule has 1 aromatic heterocycles. The highest BCUT2D eigenvalue weighted by Gasteiger charge is 2.37. The zero-order valence-electron chi connectivity index (χ0n) is 17.2. The van der Waals surface area contributed by atoms with Crippen LogP contribution >= 0.6 is 0 Å². The molecule has 0 unspecified atom stereocenters. The van der Waals surface area contributed by atoms with Crippen LogP contribution in [-0.4, -0.2) is 35.2 Å². The van der Waals surface area contributed by atoms with Crippen LogP contribution in [0.4, 0.5) is 5.69 Å². The Morgan fingerprint density at radius 1 is 1.00 bits per heavy atom. The number of benzene rings is 3. The van der Waals surface area contributed by atoms with Crippen molar-refractivity contribution >= 4 is 34.1 Å². The third-order valence-electron chi connectivity index (χ3n) is 6.16. The lowest BCUT2D eigenvalue weighted by Crippen LogP contribution is -2.46. The molecule has 2 aliphatic rings. The van der Waals surface area contributed by atoms with Gasteiger partial charge in [0, 0.05) is 34.8 Å². The normalized spacial score (nSPS) is 17.1. The van der Waals surface area contributed by atoms with Gasteiger partial charge in [-0.25, -0.2) is 4.99 Å². The molecule has 6 heteroatoms. The largest absolute Gasteiger partial charge is 0.360 e. The van der Waals surface area contributed by atoms with Crippen molar-refractivity contribution < 1.29 is 9.59 Å². The molecule has 3 heterocycles. The molecule has 0 spiro atoms. The van der Waals surface area contributed by atoms with Gasteiger partial charge in [-0.15, -0.1) is 0 Å². The van der Waals surface area contributed by atoms with Crippen molar-refractivity contribution in [2.24, 2.45) is 4.99 Å². The molecule has 0 saturated carbocycles. The molecule has 6 rings (SSSR count). The second kappa shape index (κ2) is 7.20. The summed E-state index contributed by atoms with van der Waals surface area (Å²) in [7, 11) is 0. The quantitative estimate of drug-likeness (QED) is 0.531. The lowest BCUT2D eigenvalue weighted by atomic mass is 9.98. The van der Waals surface area contributed by atoms with Crippen LogP contribution in [0.2, 0.25) is 0 Å². The summed E-state index contributed by atoms with van der Waals surface area (Å²) in [4.78, 5) is 36.4. The SMILES string of the molecule is O=C(N[C@H]1N=C(c2ccccc2)c2cccc3c2N(CC3)C1=O)c1c[nH]c2ccccc12. The Kier molecular flexibility index (Phi) is 4.18. The van der Waals surface area contributed by atoms with Gasteiger partial charge < -0.3 is 15.2 Å². The van der Waals surface area contributed by atoms with Gasteiger partial charge in [0.15, 0.2) is 0 Å². The molecular weight excluding hydrogens is 400 g/mol. The predicted octanol–water partition coefficient (Wildman–Crippen LogP) is 3.66. The van der Waals surface area contributed by atoms with Crippen molar-refractivity contribution in [2.45, 2.75) is 12.6 Å². The van der Waals surface area contributed by atoms with Crippen LogP contribution in [0.3, 0.4) is 0 Å². The minimum absolute atomic E-state index is 0.213. The maximum Gasteiger partial charge on any atom is 0.272 e. The third kappa shape index (κ3) is 2.84. The number of carbonyl (C=O) groups is 2. The van der Waals surface area contributed by atoms with Gasteiger partial charge in [-0.05, 0) is 18.1 Å². The number of amides is 2. The molecule has 32 heavy (non-hydrogen) atoms. The first-order valence-electron chi connectivity index (χ1n) is 10.6. The van der Waals surface area contributed by atoms with E-state index in [1.54, 1.807) is 11.1 Å². The van der Waals surface area contributed by atoms with Gasteiger partial charge >= 0.3 is 0 Å². The molecule has 1 atom stereocenters. The summed E-state index contributed by atoms with van der Waals surface area (Å²) >= 11 is 0. The predicted molar refractivity (Wildman–Crippen MR) is 124 cm³/mol. The van der Waals surface area contributed by atoms with Crippen LogP contribution in [0.25, 0.3) is 10.9 Å². The average Bonchev–Trinajstić information content (AvgIpc) is 3.43. The summed E-state index contributed by atoms with van der Waals surface area (Å²) in [6.45, 7) is 0.586. The Balaban J connectivity index is 1.45. The second-order valence-electron chi connectivity index (χ2n) is 8.02. The number of hydrogen-bond donors (Lipinski definition) is 2. The van der Waals surface area contributed by atoms with Crippen molar-refractivity contribution in [1.29, 1.82) is 0 Å². The van der Waals surface area contributed by atoms with Gasteiger partial charge in [0.25, 0.3) is 11.8 Å². The molecule has 0 saturated heterocycles. The molecule has 0 bridgehead atoms. The number of rotatable bonds is 3. The minimum atomic E-state index is -1.01. The van der Waals surface area contributed by atoms with E-state index in [1.807, 2.05) is 66.7 Å². The second-order valence-corrected chi connectivity index (χ2v) is 8.02. The Morgan fingerprint density at radius 2 is 1.81 bits per heavy atom. The monoisotopic (exact) mass is 420 g/mol. The van der Waals surface area contributed by atoms with E-state index in [2.05, 4.69) is 16.4 Å². The summed E-state index contributed by atoms with van der Waals surface area (Å²) in [6, 6.07) is 23.5. The standard InChI is InChI=1S/C26H20N4O2/c31-25(20-15-27-21-12-5-4-10-18(20)21)29-24-26(32)30-14-13-17-9-6-11-19(23(17)30)22(28-24)16-7-2-1-3-8-16/h1-12,15,24,27H,13-14H2,(H,29,31)/t24-/m1/s1. The molecule has 0 aliphatic carbocycles. The number of nitrogens with one attached hydrogen (secondary N) is 2. The summed E-state index contributed by atoms with van der Waals surface area (Å²) < 4.78 is 0. The Hall–Kier alpha value is -4.19. The fourth-order valence-electron chi connectivity index (χ4n) is 4.65. The molecule has 2 aliphatic heterocycles. The van der Waals surface area contributed by atoms with Gasteiger partial charge in [0.05, 0.1) is 17.0 Å². The number of fused-ring (bicyclic) bond motifs is 1. The summed E-state index contributed by atoms with van der Waals surface area (Å²) in [5.41, 5.74) is 5.94. The fourth-order valence-corrected chi connectivity index (χ4v) is 4.65. The first-order valence-corrected chi connectivity index (χ1v) is 10.6. The molecular formula is C26H20N4O2. The highest BCUT2D eigenvalue weighted by atomic mass is 16.2. The van der Waals surface area contributed by atoms with Crippen LogP contribution in [-0.2, 0) is 11.2 Å². The maximum atomic E-state index is 13.5. The minimum Gasteiger partial charge on any atom is -0.360 e. The van der Waals surface area contributed by atoms with Crippen molar-refractivity contribution in [3.05, 3.63) is 101 Å². The number of aliphatic imine (C=N–C) groups is 1. The number of nitrogens with zero attached hydrogens (tertiary/aromatic N) is 2. The van der Waals surface area contributed by atoms with Crippen LogP contribution in [0.1, 0.15) is 27.0 Å². The number of H-pyrrole nitrogens is 1. The highest BCUT2D eigenvalue weighted by molar-refractivity contribution is 6.21. The van der Waals surface area contributed by atoms with E-state index in [1.165, 1.54) is 0 Å². The van der Waals surface area contributed by atoms with Gasteiger partial charge in [0.1, 0.15) is 0 Å². The Labute approximate surface area is 184 Å². The first-order chi connectivity index (χ1) is 15.7. The third-order valence-corrected chi connectivity index (χ3v) is 6.16. The van der Waals surface area contributed by atoms with Crippen molar-refractivity contribution in [3.63, 3.8) is 0 Å². The topological polar surface area (TPSA) is 77.6 Å². The molecule has 0 radical (unpaired) electrons. The fraction of sp³-hybridized carbons (Fsp3) is 0.115. The molecule has 6 nitrogen and oxygen atoms in total. The molecule has 0 fully saturated rings. The van der Waals surface area contributed by atoms with E-state index in [0.717, 1.165) is 39.7 Å². The number of para-hydroxylation sites is 2. The van der Waals surface area contributed by atoms with Gasteiger partial charge in [-0.1, -0.05) is 66.7 Å². The van der Waals surface area contributed by atoms with E-state index in [4.69, 9.17) is 4.99 Å².